The summed E-state index contributed by atoms with van der Waals surface area (Å²) in [6.07, 6.45) is 0. The zero-order valence-corrected chi connectivity index (χ0v) is 12.2. The van der Waals surface area contributed by atoms with Gasteiger partial charge in [0, 0.05) is 38.6 Å². The lowest BCUT2D eigenvalue weighted by Gasteiger charge is -2.22. The van der Waals surface area contributed by atoms with E-state index in [4.69, 9.17) is 5.73 Å². The van der Waals surface area contributed by atoms with E-state index in [1.165, 1.54) is 0 Å². The Labute approximate surface area is 115 Å². The van der Waals surface area contributed by atoms with Crippen LogP contribution in [0.25, 0.3) is 0 Å². The first kappa shape index (κ1) is 13.7. The third kappa shape index (κ3) is 2.67. The fraction of sp³-hybridized carbons (Fsp3) is 0.533. The average molecular weight is 261 g/mol. The van der Waals surface area contributed by atoms with Gasteiger partial charge >= 0.3 is 0 Å². The van der Waals surface area contributed by atoms with Crippen LogP contribution < -0.4 is 10.6 Å². The van der Waals surface area contributed by atoms with Gasteiger partial charge in [-0.3, -0.25) is 4.79 Å². The van der Waals surface area contributed by atoms with Crippen LogP contribution in [0, 0.1) is 11.8 Å². The van der Waals surface area contributed by atoms with Gasteiger partial charge in [0.15, 0.2) is 0 Å². The maximum absolute atomic E-state index is 12.7. The Bertz CT molecular complexity index is 474. The standard InChI is InChI=1S/C15H23N3O/c1-10-8-18(9-11(10)2)15(19)13-7-12(16)5-6-14(13)17(3)4/h5-7,10-11H,8-9,16H2,1-4H3. The van der Waals surface area contributed by atoms with E-state index in [1.807, 2.05) is 36.0 Å². The molecule has 0 bridgehead atoms. The van der Waals surface area contributed by atoms with Gasteiger partial charge in [-0.2, -0.15) is 0 Å². The fourth-order valence-corrected chi connectivity index (χ4v) is 2.58. The van der Waals surface area contributed by atoms with Crippen molar-refractivity contribution in [3.63, 3.8) is 0 Å². The van der Waals surface area contributed by atoms with Gasteiger partial charge in [0.25, 0.3) is 5.91 Å². The molecule has 4 heteroatoms. The molecule has 2 rings (SSSR count). The predicted octanol–water partition coefficient (Wildman–Crippen LogP) is 2.06. The minimum absolute atomic E-state index is 0.0900. The number of hydrogen-bond acceptors (Lipinski definition) is 3. The summed E-state index contributed by atoms with van der Waals surface area (Å²) >= 11 is 0. The molecule has 0 radical (unpaired) electrons. The third-order valence-corrected chi connectivity index (χ3v) is 4.01. The molecular weight excluding hydrogens is 238 g/mol. The molecule has 104 valence electrons. The second kappa shape index (κ2) is 5.11. The smallest absolute Gasteiger partial charge is 0.256 e. The van der Waals surface area contributed by atoms with Crippen LogP contribution in [0.15, 0.2) is 18.2 Å². The number of hydrogen-bond donors (Lipinski definition) is 1. The number of anilines is 2. The van der Waals surface area contributed by atoms with Crippen LogP contribution in [0.1, 0.15) is 24.2 Å². The SMILES string of the molecule is CC1CN(C(=O)c2cc(N)ccc2N(C)C)CC1C. The molecule has 1 aliphatic rings. The predicted molar refractivity (Wildman–Crippen MR) is 79.4 cm³/mol. The summed E-state index contributed by atoms with van der Waals surface area (Å²) in [7, 11) is 3.88. The number of carbonyl (C=O) groups is 1. The van der Waals surface area contributed by atoms with E-state index in [0.29, 0.717) is 23.1 Å². The summed E-state index contributed by atoms with van der Waals surface area (Å²) in [6, 6.07) is 5.53. The van der Waals surface area contributed by atoms with Gasteiger partial charge in [-0.15, -0.1) is 0 Å². The van der Waals surface area contributed by atoms with Gasteiger partial charge < -0.3 is 15.5 Å². The summed E-state index contributed by atoms with van der Waals surface area (Å²) in [6.45, 7) is 6.07. The van der Waals surface area contributed by atoms with E-state index in [9.17, 15) is 4.79 Å². The lowest BCUT2D eigenvalue weighted by atomic mass is 10.0. The van der Waals surface area contributed by atoms with Crippen LogP contribution in [0.2, 0.25) is 0 Å². The Morgan fingerprint density at radius 1 is 1.26 bits per heavy atom. The zero-order chi connectivity index (χ0) is 14.2. The van der Waals surface area contributed by atoms with Crippen molar-refractivity contribution in [2.75, 3.05) is 37.8 Å². The van der Waals surface area contributed by atoms with E-state index in [-0.39, 0.29) is 5.91 Å². The Balaban J connectivity index is 2.31. The minimum atomic E-state index is 0.0900. The molecular formula is C15H23N3O. The van der Waals surface area contributed by atoms with E-state index in [0.717, 1.165) is 18.8 Å². The second-order valence-corrected chi connectivity index (χ2v) is 5.84. The Hall–Kier alpha value is -1.71. The molecule has 0 saturated carbocycles. The molecule has 4 nitrogen and oxygen atoms in total. The summed E-state index contributed by atoms with van der Waals surface area (Å²) in [5.74, 6) is 1.22. The topological polar surface area (TPSA) is 49.6 Å². The lowest BCUT2D eigenvalue weighted by molar-refractivity contribution is 0.0785. The number of carbonyl (C=O) groups excluding carboxylic acids is 1. The minimum Gasteiger partial charge on any atom is -0.399 e. The first-order valence-electron chi connectivity index (χ1n) is 6.76. The quantitative estimate of drug-likeness (QED) is 0.829. The first-order chi connectivity index (χ1) is 8.90. The van der Waals surface area contributed by atoms with Crippen LogP contribution in [-0.4, -0.2) is 38.0 Å². The highest BCUT2D eigenvalue weighted by atomic mass is 16.2. The molecule has 0 spiro atoms. The number of rotatable bonds is 2. The number of nitrogen functional groups attached to an aromatic ring is 1. The molecule has 1 aromatic rings. The number of nitrogens with zero attached hydrogens (tertiary/aromatic N) is 2. The van der Waals surface area contributed by atoms with Crippen LogP contribution in [0.3, 0.4) is 0 Å². The number of nitrogens with two attached hydrogens (primary N) is 1. The van der Waals surface area contributed by atoms with Crippen molar-refractivity contribution < 1.29 is 4.79 Å². The average Bonchev–Trinajstić information content (AvgIpc) is 2.68. The van der Waals surface area contributed by atoms with Crippen LogP contribution in [-0.2, 0) is 0 Å². The van der Waals surface area contributed by atoms with Crippen LogP contribution >= 0.6 is 0 Å². The molecule has 1 aliphatic heterocycles. The van der Waals surface area contributed by atoms with Gasteiger partial charge in [-0.05, 0) is 30.0 Å². The summed E-state index contributed by atoms with van der Waals surface area (Å²) in [5, 5.41) is 0. The third-order valence-electron chi connectivity index (χ3n) is 4.01. The van der Waals surface area contributed by atoms with Crippen molar-refractivity contribution in [3.8, 4) is 0 Å². The lowest BCUT2D eigenvalue weighted by Crippen LogP contribution is -2.30. The maximum atomic E-state index is 12.7. The Morgan fingerprint density at radius 2 is 1.84 bits per heavy atom. The van der Waals surface area contributed by atoms with Crippen molar-refractivity contribution in [2.45, 2.75) is 13.8 Å². The van der Waals surface area contributed by atoms with Gasteiger partial charge in [0.05, 0.1) is 5.56 Å². The summed E-state index contributed by atoms with van der Waals surface area (Å²) in [5.41, 5.74) is 8.09. The van der Waals surface area contributed by atoms with Crippen molar-refractivity contribution in [3.05, 3.63) is 23.8 Å². The van der Waals surface area contributed by atoms with Gasteiger partial charge in [-0.1, -0.05) is 13.8 Å². The van der Waals surface area contributed by atoms with Crippen molar-refractivity contribution >= 4 is 17.3 Å². The van der Waals surface area contributed by atoms with E-state index < -0.39 is 0 Å². The van der Waals surface area contributed by atoms with Crippen molar-refractivity contribution in [1.29, 1.82) is 0 Å². The molecule has 2 N–H and O–H groups in total. The highest BCUT2D eigenvalue weighted by Crippen LogP contribution is 2.28. The van der Waals surface area contributed by atoms with E-state index in [1.54, 1.807) is 6.07 Å². The monoisotopic (exact) mass is 261 g/mol. The molecule has 1 heterocycles. The van der Waals surface area contributed by atoms with E-state index in [2.05, 4.69) is 13.8 Å². The van der Waals surface area contributed by atoms with Crippen molar-refractivity contribution in [1.82, 2.24) is 4.90 Å². The summed E-state index contributed by atoms with van der Waals surface area (Å²) < 4.78 is 0. The molecule has 1 amide bonds. The highest BCUT2D eigenvalue weighted by molar-refractivity contribution is 6.00. The van der Waals surface area contributed by atoms with Gasteiger partial charge in [0.1, 0.15) is 0 Å². The van der Waals surface area contributed by atoms with Crippen molar-refractivity contribution in [2.24, 2.45) is 11.8 Å². The van der Waals surface area contributed by atoms with E-state index >= 15 is 0 Å². The molecule has 0 aromatic heterocycles. The maximum Gasteiger partial charge on any atom is 0.256 e. The second-order valence-electron chi connectivity index (χ2n) is 5.84. The Kier molecular flexibility index (Phi) is 3.69. The highest BCUT2D eigenvalue weighted by Gasteiger charge is 2.31. The molecule has 2 unspecified atom stereocenters. The molecule has 1 fully saturated rings. The summed E-state index contributed by atoms with van der Waals surface area (Å²) in [4.78, 5) is 16.6. The normalized spacial score (nSPS) is 22.6. The largest absolute Gasteiger partial charge is 0.399 e. The van der Waals surface area contributed by atoms with Crippen LogP contribution in [0.5, 0.6) is 0 Å². The molecule has 2 atom stereocenters. The fourth-order valence-electron chi connectivity index (χ4n) is 2.58. The first-order valence-corrected chi connectivity index (χ1v) is 6.76. The number of likely N-dealkylation sites (tertiary alicyclic amines) is 1. The number of amides is 1. The van der Waals surface area contributed by atoms with Gasteiger partial charge in [0.2, 0.25) is 0 Å². The van der Waals surface area contributed by atoms with Crippen LogP contribution in [0.4, 0.5) is 11.4 Å². The molecule has 1 saturated heterocycles. The zero-order valence-electron chi connectivity index (χ0n) is 12.2. The van der Waals surface area contributed by atoms with Gasteiger partial charge in [-0.25, -0.2) is 0 Å². The Morgan fingerprint density at radius 3 is 2.37 bits per heavy atom. The number of benzene rings is 1. The molecule has 1 aromatic carbocycles. The molecule has 19 heavy (non-hydrogen) atoms. The molecule has 0 aliphatic carbocycles.